The molecule has 1 heterocycles. The summed E-state index contributed by atoms with van der Waals surface area (Å²) < 4.78 is 11.1. The summed E-state index contributed by atoms with van der Waals surface area (Å²) in [6.07, 6.45) is 3.48. The highest BCUT2D eigenvalue weighted by Gasteiger charge is 2.41. The van der Waals surface area contributed by atoms with Gasteiger partial charge in [0.05, 0.1) is 23.8 Å². The van der Waals surface area contributed by atoms with Crippen LogP contribution in [0, 0.1) is 17.2 Å². The monoisotopic (exact) mass is 286 g/mol. The van der Waals surface area contributed by atoms with Gasteiger partial charge in [0.1, 0.15) is 5.75 Å². The van der Waals surface area contributed by atoms with E-state index >= 15 is 0 Å². The van der Waals surface area contributed by atoms with E-state index < -0.39 is 0 Å². The van der Waals surface area contributed by atoms with Crippen LogP contribution < -0.4 is 10.1 Å². The molecule has 1 aliphatic heterocycles. The number of carbonyl (C=O) groups excluding carboxylic acids is 1. The molecule has 1 aromatic carbocycles. The molecule has 2 aliphatic rings. The third-order valence-corrected chi connectivity index (χ3v) is 3.92. The molecule has 2 fully saturated rings. The molecule has 5 heteroatoms. The predicted octanol–water partition coefficient (Wildman–Crippen LogP) is 1.62. The van der Waals surface area contributed by atoms with Crippen molar-refractivity contribution in [1.29, 1.82) is 5.26 Å². The van der Waals surface area contributed by atoms with Crippen molar-refractivity contribution in [2.24, 2.45) is 5.92 Å². The minimum atomic E-state index is -0.125. The normalized spacial score (nSPS) is 24.3. The molecule has 21 heavy (non-hydrogen) atoms. The summed E-state index contributed by atoms with van der Waals surface area (Å²) in [5.74, 6) is 1.09. The summed E-state index contributed by atoms with van der Waals surface area (Å²) in [7, 11) is 0. The largest absolute Gasteiger partial charge is 0.484 e. The fraction of sp³-hybridized carbons (Fsp3) is 0.500. The fourth-order valence-electron chi connectivity index (χ4n) is 2.68. The topological polar surface area (TPSA) is 71.3 Å². The van der Waals surface area contributed by atoms with Gasteiger partial charge < -0.3 is 14.8 Å². The van der Waals surface area contributed by atoms with Gasteiger partial charge in [-0.3, -0.25) is 4.79 Å². The lowest BCUT2D eigenvalue weighted by molar-refractivity contribution is -0.124. The Kier molecular flexibility index (Phi) is 4.07. The lowest BCUT2D eigenvalue weighted by Gasteiger charge is -2.19. The van der Waals surface area contributed by atoms with Gasteiger partial charge in [-0.05, 0) is 49.4 Å². The molecule has 5 nitrogen and oxygen atoms in total. The lowest BCUT2D eigenvalue weighted by Crippen LogP contribution is -2.43. The third-order valence-electron chi connectivity index (χ3n) is 3.92. The summed E-state index contributed by atoms with van der Waals surface area (Å²) in [6, 6.07) is 8.88. The van der Waals surface area contributed by atoms with Gasteiger partial charge in [-0.25, -0.2) is 0 Å². The summed E-state index contributed by atoms with van der Waals surface area (Å²) >= 11 is 0. The Morgan fingerprint density at radius 3 is 2.76 bits per heavy atom. The van der Waals surface area contributed by atoms with Gasteiger partial charge >= 0.3 is 0 Å². The van der Waals surface area contributed by atoms with E-state index in [1.807, 2.05) is 6.07 Å². The van der Waals surface area contributed by atoms with Crippen molar-refractivity contribution in [3.63, 3.8) is 0 Å². The zero-order valence-corrected chi connectivity index (χ0v) is 11.7. The molecule has 0 radical (unpaired) electrons. The molecule has 2 atom stereocenters. The Morgan fingerprint density at radius 1 is 1.33 bits per heavy atom. The van der Waals surface area contributed by atoms with E-state index in [-0.39, 0.29) is 24.7 Å². The van der Waals surface area contributed by atoms with Gasteiger partial charge in [0.25, 0.3) is 5.91 Å². The van der Waals surface area contributed by atoms with Crippen LogP contribution in [0.3, 0.4) is 0 Å². The van der Waals surface area contributed by atoms with Crippen molar-refractivity contribution < 1.29 is 14.3 Å². The second-order valence-electron chi connectivity index (χ2n) is 5.56. The highest BCUT2D eigenvalue weighted by atomic mass is 16.5. The molecule has 0 spiro atoms. The van der Waals surface area contributed by atoms with Crippen LogP contribution in [0.4, 0.5) is 0 Å². The van der Waals surface area contributed by atoms with Crippen LogP contribution in [0.25, 0.3) is 0 Å². The summed E-state index contributed by atoms with van der Waals surface area (Å²) in [4.78, 5) is 11.9. The smallest absolute Gasteiger partial charge is 0.258 e. The van der Waals surface area contributed by atoms with Crippen molar-refractivity contribution in [3.05, 3.63) is 29.8 Å². The van der Waals surface area contributed by atoms with Gasteiger partial charge in [0.2, 0.25) is 0 Å². The highest BCUT2D eigenvalue weighted by Crippen LogP contribution is 2.38. The van der Waals surface area contributed by atoms with Crippen LogP contribution in [0.1, 0.15) is 24.8 Å². The first kappa shape index (κ1) is 13.9. The number of nitrogens with one attached hydrogen (secondary N) is 1. The van der Waals surface area contributed by atoms with Crippen LogP contribution in [0.15, 0.2) is 24.3 Å². The first-order chi connectivity index (χ1) is 10.3. The number of benzene rings is 1. The standard InChI is InChI=1S/C16H18N2O3/c17-9-11-1-5-13(6-2-11)21-10-15(19)18-14-7-8-20-16(14)12-3-4-12/h1-2,5-6,12,14,16H,3-4,7-8,10H2,(H,18,19). The van der Waals surface area contributed by atoms with Gasteiger partial charge in [-0.15, -0.1) is 0 Å². The molecule has 3 rings (SSSR count). The molecule has 110 valence electrons. The average molecular weight is 286 g/mol. The first-order valence-electron chi connectivity index (χ1n) is 7.30. The molecular formula is C16H18N2O3. The van der Waals surface area contributed by atoms with E-state index in [1.54, 1.807) is 24.3 Å². The second-order valence-corrected chi connectivity index (χ2v) is 5.56. The van der Waals surface area contributed by atoms with E-state index in [9.17, 15) is 4.79 Å². The van der Waals surface area contributed by atoms with Crippen LogP contribution >= 0.6 is 0 Å². The molecule has 1 aromatic rings. The molecule has 2 unspecified atom stereocenters. The van der Waals surface area contributed by atoms with Crippen molar-refractivity contribution in [1.82, 2.24) is 5.32 Å². The zero-order valence-electron chi connectivity index (χ0n) is 11.7. The number of carbonyl (C=O) groups is 1. The molecule has 1 amide bonds. The zero-order chi connectivity index (χ0) is 14.7. The number of ether oxygens (including phenoxy) is 2. The van der Waals surface area contributed by atoms with Crippen molar-refractivity contribution in [2.75, 3.05) is 13.2 Å². The maximum absolute atomic E-state index is 11.9. The van der Waals surface area contributed by atoms with E-state index in [4.69, 9.17) is 14.7 Å². The van der Waals surface area contributed by atoms with Crippen LogP contribution in [-0.4, -0.2) is 31.3 Å². The summed E-state index contributed by atoms with van der Waals surface area (Å²) in [6.45, 7) is 0.711. The lowest BCUT2D eigenvalue weighted by atomic mass is 10.1. The Bertz CT molecular complexity index is 546. The quantitative estimate of drug-likeness (QED) is 0.893. The van der Waals surface area contributed by atoms with Crippen molar-refractivity contribution in [2.45, 2.75) is 31.4 Å². The second kappa shape index (κ2) is 6.15. The molecular weight excluding hydrogens is 268 g/mol. The van der Waals surface area contributed by atoms with Crippen LogP contribution in [-0.2, 0) is 9.53 Å². The Labute approximate surface area is 123 Å². The highest BCUT2D eigenvalue weighted by molar-refractivity contribution is 5.78. The number of rotatable bonds is 5. The minimum absolute atomic E-state index is 0.0141. The predicted molar refractivity (Wildman–Crippen MR) is 75.7 cm³/mol. The third kappa shape index (κ3) is 3.53. The first-order valence-corrected chi connectivity index (χ1v) is 7.30. The maximum Gasteiger partial charge on any atom is 0.258 e. The SMILES string of the molecule is N#Cc1ccc(OCC(=O)NC2CCOC2C2CC2)cc1. The van der Waals surface area contributed by atoms with E-state index in [0.717, 1.165) is 13.0 Å². The Hall–Kier alpha value is -2.06. The number of nitriles is 1. The van der Waals surface area contributed by atoms with Gasteiger partial charge in [-0.1, -0.05) is 0 Å². The number of hydrogen-bond donors (Lipinski definition) is 1. The molecule has 1 N–H and O–H groups in total. The minimum Gasteiger partial charge on any atom is -0.484 e. The summed E-state index contributed by atoms with van der Waals surface area (Å²) in [5.41, 5.74) is 0.571. The van der Waals surface area contributed by atoms with Crippen LogP contribution in [0.5, 0.6) is 5.75 Å². The molecule has 1 saturated heterocycles. The van der Waals surface area contributed by atoms with E-state index in [1.165, 1.54) is 12.8 Å². The van der Waals surface area contributed by atoms with Gasteiger partial charge in [0.15, 0.2) is 6.61 Å². The van der Waals surface area contributed by atoms with Crippen molar-refractivity contribution >= 4 is 5.91 Å². The fourth-order valence-corrected chi connectivity index (χ4v) is 2.68. The molecule has 0 bridgehead atoms. The van der Waals surface area contributed by atoms with Gasteiger partial charge in [-0.2, -0.15) is 5.26 Å². The number of hydrogen-bond acceptors (Lipinski definition) is 4. The molecule has 0 aromatic heterocycles. The Balaban J connectivity index is 1.46. The number of nitrogens with zero attached hydrogens (tertiary/aromatic N) is 1. The molecule has 1 aliphatic carbocycles. The number of amides is 1. The molecule has 1 saturated carbocycles. The van der Waals surface area contributed by atoms with Gasteiger partial charge in [0, 0.05) is 6.61 Å². The van der Waals surface area contributed by atoms with E-state index in [0.29, 0.717) is 17.2 Å². The van der Waals surface area contributed by atoms with Crippen molar-refractivity contribution in [3.8, 4) is 11.8 Å². The van der Waals surface area contributed by atoms with E-state index in [2.05, 4.69) is 5.32 Å². The summed E-state index contributed by atoms with van der Waals surface area (Å²) in [5, 5.41) is 11.7. The Morgan fingerprint density at radius 2 is 2.10 bits per heavy atom. The van der Waals surface area contributed by atoms with Crippen LogP contribution in [0.2, 0.25) is 0 Å². The maximum atomic E-state index is 11.9. The average Bonchev–Trinajstić information content (AvgIpc) is 3.26.